The van der Waals surface area contributed by atoms with Crippen molar-refractivity contribution in [2.24, 2.45) is 28.6 Å². The molecule has 0 heterocycles. The number of rotatable bonds is 2. The third kappa shape index (κ3) is 2.51. The van der Waals surface area contributed by atoms with Crippen molar-refractivity contribution in [3.63, 3.8) is 0 Å². The lowest BCUT2D eigenvalue weighted by Crippen LogP contribution is -2.67. The van der Waals surface area contributed by atoms with E-state index >= 15 is 0 Å². The molecule has 3 saturated carbocycles. The number of Topliss-reactive ketones (excluding diaryl/α,β-unsaturated/α-hetero) is 1. The number of ketones is 2. The molecule has 162 valence electrons. The smallest absolute Gasteiger partial charge is 0.190 e. The van der Waals surface area contributed by atoms with Crippen LogP contribution in [0.4, 0.5) is 0 Å². The third-order valence-corrected chi connectivity index (χ3v) is 10.3. The molecular formula is C22H30Cl2O5. The fraction of sp³-hybridized carbons (Fsp3) is 0.727. The second-order valence-corrected chi connectivity index (χ2v) is 10.9. The lowest BCUT2D eigenvalue weighted by molar-refractivity contribution is -0.167. The molecule has 0 aromatic heterocycles. The van der Waals surface area contributed by atoms with E-state index in [-0.39, 0.29) is 29.0 Å². The highest BCUT2D eigenvalue weighted by Crippen LogP contribution is 2.72. The van der Waals surface area contributed by atoms with Gasteiger partial charge >= 0.3 is 0 Å². The van der Waals surface area contributed by atoms with Crippen LogP contribution in [-0.2, 0) is 9.59 Å². The minimum Gasteiger partial charge on any atom is -0.412 e. The molecule has 0 spiro atoms. The van der Waals surface area contributed by atoms with E-state index in [4.69, 9.17) is 23.2 Å². The standard InChI is InChI=1S/C22H28Cl2O4.H2O/c1-12-8-16-15-5-4-13-9-14(26)6-7-19(13,2)21(15,24)17(23)10-20(16,3)22(12,28)18(27)11-25;/h6-7,9,12,15-17,25,28H,4-5,8,10-11H2,1-3H3;1H2/t12-,15+,16+,17+,19+,20+,21+,22+;/m1./s1. The van der Waals surface area contributed by atoms with Gasteiger partial charge in [0.25, 0.3) is 0 Å². The number of halogens is 2. The molecule has 4 rings (SSSR count). The Morgan fingerprint density at radius 3 is 2.59 bits per heavy atom. The summed E-state index contributed by atoms with van der Waals surface area (Å²) in [7, 11) is 0. The van der Waals surface area contributed by atoms with Crippen molar-refractivity contribution in [2.45, 2.75) is 62.3 Å². The molecule has 3 fully saturated rings. The zero-order chi connectivity index (χ0) is 20.7. The first kappa shape index (κ1) is 23.0. The second-order valence-electron chi connectivity index (χ2n) is 9.70. The summed E-state index contributed by atoms with van der Waals surface area (Å²) in [5.41, 5.74) is -1.86. The van der Waals surface area contributed by atoms with E-state index in [1.165, 1.54) is 0 Å². The van der Waals surface area contributed by atoms with Crippen LogP contribution in [0, 0.1) is 28.6 Å². The first-order valence-electron chi connectivity index (χ1n) is 10.1. The van der Waals surface area contributed by atoms with Crippen LogP contribution >= 0.6 is 23.2 Å². The van der Waals surface area contributed by atoms with Crippen LogP contribution in [0.15, 0.2) is 23.8 Å². The molecule has 0 unspecified atom stereocenters. The predicted molar refractivity (Wildman–Crippen MR) is 112 cm³/mol. The van der Waals surface area contributed by atoms with Gasteiger partial charge in [0.15, 0.2) is 11.6 Å². The van der Waals surface area contributed by atoms with Crippen LogP contribution in [0.2, 0.25) is 0 Å². The molecule has 0 radical (unpaired) electrons. The van der Waals surface area contributed by atoms with Crippen LogP contribution in [0.5, 0.6) is 0 Å². The molecule has 4 aliphatic carbocycles. The lowest BCUT2D eigenvalue weighted by atomic mass is 9.46. The van der Waals surface area contributed by atoms with E-state index in [9.17, 15) is 19.8 Å². The Balaban J connectivity index is 0.00000240. The quantitative estimate of drug-likeness (QED) is 0.638. The SMILES string of the molecule is C[C@@H]1C[C@H]2[C@@H]3CCC4=CC(=O)C=C[C@]4(C)[C@@]3(Cl)[C@@H](Cl)C[C@]2(C)[C@@]1(O)C(=O)CO.O. The molecule has 0 aromatic rings. The summed E-state index contributed by atoms with van der Waals surface area (Å²) in [6.45, 7) is 5.20. The maximum Gasteiger partial charge on any atom is 0.190 e. The van der Waals surface area contributed by atoms with Crippen LogP contribution in [0.3, 0.4) is 0 Å². The highest BCUT2D eigenvalue weighted by Gasteiger charge is 2.74. The predicted octanol–water partition coefficient (Wildman–Crippen LogP) is 2.59. The van der Waals surface area contributed by atoms with Gasteiger partial charge in [0.05, 0.1) is 10.3 Å². The van der Waals surface area contributed by atoms with E-state index in [2.05, 4.69) is 6.92 Å². The van der Waals surface area contributed by atoms with Crippen molar-refractivity contribution in [3.05, 3.63) is 23.8 Å². The molecule has 4 aliphatic rings. The van der Waals surface area contributed by atoms with Crippen LogP contribution in [-0.4, -0.2) is 49.7 Å². The van der Waals surface area contributed by atoms with E-state index in [1.54, 1.807) is 12.2 Å². The summed E-state index contributed by atoms with van der Waals surface area (Å²) in [5, 5.41) is 20.6. The number of alkyl halides is 2. The number of hydrogen-bond acceptors (Lipinski definition) is 4. The van der Waals surface area contributed by atoms with Crippen LogP contribution in [0.25, 0.3) is 0 Å². The van der Waals surface area contributed by atoms with Crippen LogP contribution in [0.1, 0.15) is 46.5 Å². The molecule has 4 N–H and O–H groups in total. The average molecular weight is 445 g/mol. The van der Waals surface area contributed by atoms with Crippen molar-refractivity contribution in [3.8, 4) is 0 Å². The molecule has 5 nitrogen and oxygen atoms in total. The third-order valence-electron chi connectivity index (χ3n) is 8.75. The molecule has 29 heavy (non-hydrogen) atoms. The Morgan fingerprint density at radius 2 is 1.97 bits per heavy atom. The summed E-state index contributed by atoms with van der Waals surface area (Å²) in [5.74, 6) is -0.811. The number of carbonyl (C=O) groups excluding carboxylic acids is 2. The largest absolute Gasteiger partial charge is 0.412 e. The minimum atomic E-state index is -1.60. The Morgan fingerprint density at radius 1 is 1.31 bits per heavy atom. The van der Waals surface area contributed by atoms with Crippen molar-refractivity contribution in [2.75, 3.05) is 6.61 Å². The van der Waals surface area contributed by atoms with E-state index < -0.39 is 39.1 Å². The van der Waals surface area contributed by atoms with Gasteiger partial charge < -0.3 is 15.7 Å². The first-order valence-corrected chi connectivity index (χ1v) is 10.9. The molecule has 0 bridgehead atoms. The highest BCUT2D eigenvalue weighted by atomic mass is 35.5. The molecule has 0 aliphatic heterocycles. The molecule has 0 amide bonds. The Hall–Kier alpha value is -0.720. The van der Waals surface area contributed by atoms with E-state index in [1.807, 2.05) is 19.9 Å². The Labute approximate surface area is 181 Å². The summed E-state index contributed by atoms with van der Waals surface area (Å²) in [4.78, 5) is 23.8. The average Bonchev–Trinajstić information content (AvgIpc) is 2.84. The number of carbonyl (C=O) groups is 2. The topological polar surface area (TPSA) is 106 Å². The number of allylic oxidation sites excluding steroid dienone is 4. The van der Waals surface area contributed by atoms with Gasteiger partial charge in [-0.05, 0) is 55.6 Å². The van der Waals surface area contributed by atoms with Gasteiger partial charge in [0.1, 0.15) is 12.2 Å². The number of aliphatic hydroxyl groups is 2. The fourth-order valence-electron chi connectivity index (χ4n) is 7.20. The zero-order valence-corrected chi connectivity index (χ0v) is 18.6. The zero-order valence-electron chi connectivity index (χ0n) is 17.0. The van der Waals surface area contributed by atoms with Crippen molar-refractivity contribution < 1.29 is 25.3 Å². The summed E-state index contributed by atoms with van der Waals surface area (Å²) in [6.07, 6.45) is 7.76. The summed E-state index contributed by atoms with van der Waals surface area (Å²) < 4.78 is 0. The molecular weight excluding hydrogens is 415 g/mol. The normalized spacial score (nSPS) is 50.7. The highest BCUT2D eigenvalue weighted by molar-refractivity contribution is 6.34. The van der Waals surface area contributed by atoms with Gasteiger partial charge in [-0.15, -0.1) is 23.2 Å². The van der Waals surface area contributed by atoms with Crippen LogP contribution < -0.4 is 0 Å². The monoisotopic (exact) mass is 444 g/mol. The maximum atomic E-state index is 12.6. The number of fused-ring (bicyclic) bond motifs is 5. The van der Waals surface area contributed by atoms with Gasteiger partial charge in [-0.2, -0.15) is 0 Å². The molecule has 0 saturated heterocycles. The Kier molecular flexibility index (Phi) is 5.46. The summed E-state index contributed by atoms with van der Waals surface area (Å²) >= 11 is 14.4. The Bertz CT molecular complexity index is 809. The number of hydrogen-bond donors (Lipinski definition) is 2. The minimum absolute atomic E-state index is 0. The molecule has 8 atom stereocenters. The van der Waals surface area contributed by atoms with Gasteiger partial charge in [0.2, 0.25) is 0 Å². The van der Waals surface area contributed by atoms with Gasteiger partial charge in [-0.25, -0.2) is 0 Å². The maximum absolute atomic E-state index is 12.6. The van der Waals surface area contributed by atoms with Crippen molar-refractivity contribution in [1.29, 1.82) is 0 Å². The van der Waals surface area contributed by atoms with Gasteiger partial charge in [-0.3, -0.25) is 9.59 Å². The van der Waals surface area contributed by atoms with Crippen molar-refractivity contribution in [1.82, 2.24) is 0 Å². The fourth-order valence-corrected chi connectivity index (χ4v) is 8.43. The number of aliphatic hydroxyl groups excluding tert-OH is 1. The van der Waals surface area contributed by atoms with Gasteiger partial charge in [-0.1, -0.05) is 32.4 Å². The first-order chi connectivity index (χ1) is 13.0. The molecule has 7 heteroatoms. The van der Waals surface area contributed by atoms with Gasteiger partial charge in [0, 0.05) is 10.8 Å². The molecule has 0 aromatic carbocycles. The van der Waals surface area contributed by atoms with E-state index in [0.717, 1.165) is 18.4 Å². The van der Waals surface area contributed by atoms with E-state index in [0.29, 0.717) is 12.8 Å². The second kappa shape index (κ2) is 6.89. The lowest BCUT2D eigenvalue weighted by Gasteiger charge is -2.63. The summed E-state index contributed by atoms with van der Waals surface area (Å²) in [6, 6.07) is 0. The van der Waals surface area contributed by atoms with Crippen molar-refractivity contribution >= 4 is 34.8 Å².